The van der Waals surface area contributed by atoms with Gasteiger partial charge in [0.1, 0.15) is 0 Å². The second-order valence-corrected chi connectivity index (χ2v) is 5.85. The first-order valence-electron chi connectivity index (χ1n) is 4.78. The molecule has 0 unspecified atom stereocenters. The van der Waals surface area contributed by atoms with Gasteiger partial charge < -0.3 is 0 Å². The Bertz CT molecular complexity index is 480. The van der Waals surface area contributed by atoms with Crippen molar-refractivity contribution in [3.8, 4) is 0 Å². The molecule has 1 aliphatic rings. The Morgan fingerprint density at radius 3 is 2.67 bits per heavy atom. The number of hydrogen-bond donors (Lipinski definition) is 1. The molecule has 82 valence electrons. The van der Waals surface area contributed by atoms with Gasteiger partial charge >= 0.3 is 0 Å². The van der Waals surface area contributed by atoms with Crippen LogP contribution in [0.3, 0.4) is 0 Å². The highest BCUT2D eigenvalue weighted by Gasteiger charge is 2.28. The molecule has 1 aromatic carbocycles. The number of rotatable bonds is 3. The van der Waals surface area contributed by atoms with Gasteiger partial charge in [0, 0.05) is 11.1 Å². The lowest BCUT2D eigenvalue weighted by molar-refractivity contribution is 0.580. The second kappa shape index (κ2) is 3.77. The highest BCUT2D eigenvalue weighted by atomic mass is 35.5. The molecule has 1 aromatic rings. The molecule has 0 aromatic heterocycles. The molecule has 0 bridgehead atoms. The number of nitrogens with one attached hydrogen (secondary N) is 1. The highest BCUT2D eigenvalue weighted by Crippen LogP contribution is 2.26. The fourth-order valence-corrected chi connectivity index (χ4v) is 3.17. The summed E-state index contributed by atoms with van der Waals surface area (Å²) in [6.07, 6.45) is 1.86. The van der Waals surface area contributed by atoms with Crippen LogP contribution >= 0.6 is 11.6 Å². The molecule has 0 aliphatic heterocycles. The fraction of sp³-hybridized carbons (Fsp3) is 0.400. The van der Waals surface area contributed by atoms with Gasteiger partial charge in [0.15, 0.2) is 0 Å². The Morgan fingerprint density at radius 2 is 2.07 bits per heavy atom. The maximum atomic E-state index is 11.9. The minimum absolute atomic E-state index is 0.119. The molecule has 1 fully saturated rings. The van der Waals surface area contributed by atoms with Crippen LogP contribution in [-0.2, 0) is 10.0 Å². The summed E-state index contributed by atoms with van der Waals surface area (Å²) in [6, 6.07) is 5.03. The van der Waals surface area contributed by atoms with Crippen molar-refractivity contribution in [1.82, 2.24) is 4.72 Å². The largest absolute Gasteiger partial charge is 0.241 e. The standard InChI is InChI=1S/C10H12ClNO2S/c1-7-9(11)3-2-4-10(7)15(13,14)12-8-5-6-8/h2-4,8,12H,5-6H2,1H3. The van der Waals surface area contributed by atoms with Crippen molar-refractivity contribution < 1.29 is 8.42 Å². The Balaban J connectivity index is 2.39. The maximum Gasteiger partial charge on any atom is 0.241 e. The van der Waals surface area contributed by atoms with E-state index in [0.717, 1.165) is 12.8 Å². The summed E-state index contributed by atoms with van der Waals surface area (Å²) >= 11 is 5.88. The van der Waals surface area contributed by atoms with Gasteiger partial charge in [0.2, 0.25) is 10.0 Å². The summed E-state index contributed by atoms with van der Waals surface area (Å²) in [4.78, 5) is 0.280. The SMILES string of the molecule is Cc1c(Cl)cccc1S(=O)(=O)NC1CC1. The number of sulfonamides is 1. The Labute approximate surface area is 94.5 Å². The van der Waals surface area contributed by atoms with E-state index in [1.807, 2.05) is 0 Å². The predicted octanol–water partition coefficient (Wildman–Crippen LogP) is 2.09. The Kier molecular flexibility index (Phi) is 2.75. The van der Waals surface area contributed by atoms with E-state index in [9.17, 15) is 8.42 Å². The summed E-state index contributed by atoms with van der Waals surface area (Å²) < 4.78 is 26.4. The van der Waals surface area contributed by atoms with Crippen molar-refractivity contribution in [3.63, 3.8) is 0 Å². The summed E-state index contributed by atoms with van der Waals surface area (Å²) in [7, 11) is -3.38. The van der Waals surface area contributed by atoms with E-state index < -0.39 is 10.0 Å². The first-order chi connectivity index (χ1) is 7.00. The lowest BCUT2D eigenvalue weighted by atomic mass is 10.2. The monoisotopic (exact) mass is 245 g/mol. The number of hydrogen-bond acceptors (Lipinski definition) is 2. The van der Waals surface area contributed by atoms with Crippen LogP contribution in [0.1, 0.15) is 18.4 Å². The predicted molar refractivity (Wildman–Crippen MR) is 59.5 cm³/mol. The van der Waals surface area contributed by atoms with Crippen LogP contribution in [-0.4, -0.2) is 14.5 Å². The minimum Gasteiger partial charge on any atom is -0.208 e. The van der Waals surface area contributed by atoms with E-state index in [0.29, 0.717) is 10.6 Å². The molecule has 15 heavy (non-hydrogen) atoms. The molecule has 1 N–H and O–H groups in total. The maximum absolute atomic E-state index is 11.9. The third kappa shape index (κ3) is 2.33. The zero-order valence-corrected chi connectivity index (χ0v) is 9.90. The molecule has 1 saturated carbocycles. The first kappa shape index (κ1) is 10.9. The van der Waals surface area contributed by atoms with Gasteiger partial charge in [-0.1, -0.05) is 17.7 Å². The number of benzene rings is 1. The quantitative estimate of drug-likeness (QED) is 0.887. The summed E-state index contributed by atoms with van der Waals surface area (Å²) in [5.74, 6) is 0. The van der Waals surface area contributed by atoms with E-state index in [2.05, 4.69) is 4.72 Å². The third-order valence-corrected chi connectivity index (χ3v) is 4.48. The molecule has 0 radical (unpaired) electrons. The molecule has 0 atom stereocenters. The normalized spacial score (nSPS) is 16.7. The van der Waals surface area contributed by atoms with Crippen molar-refractivity contribution in [3.05, 3.63) is 28.8 Å². The van der Waals surface area contributed by atoms with E-state index in [1.165, 1.54) is 0 Å². The van der Waals surface area contributed by atoms with Crippen molar-refractivity contribution in [2.45, 2.75) is 30.7 Å². The van der Waals surface area contributed by atoms with Gasteiger partial charge in [-0.15, -0.1) is 0 Å². The molecule has 0 amide bonds. The lowest BCUT2D eigenvalue weighted by Gasteiger charge is -2.09. The third-order valence-electron chi connectivity index (χ3n) is 2.41. The van der Waals surface area contributed by atoms with E-state index >= 15 is 0 Å². The van der Waals surface area contributed by atoms with Gasteiger partial charge in [-0.25, -0.2) is 13.1 Å². The van der Waals surface area contributed by atoms with Gasteiger partial charge in [-0.3, -0.25) is 0 Å². The lowest BCUT2D eigenvalue weighted by Crippen LogP contribution is -2.26. The van der Waals surface area contributed by atoms with Crippen molar-refractivity contribution >= 4 is 21.6 Å². The Hall–Kier alpha value is -0.580. The van der Waals surface area contributed by atoms with Crippen LogP contribution in [0.5, 0.6) is 0 Å². The zero-order chi connectivity index (χ0) is 11.1. The van der Waals surface area contributed by atoms with Gasteiger partial charge in [0.25, 0.3) is 0 Å². The van der Waals surface area contributed by atoms with Gasteiger partial charge in [-0.2, -0.15) is 0 Å². The molecule has 5 heteroatoms. The summed E-state index contributed by atoms with van der Waals surface area (Å²) in [6.45, 7) is 1.71. The van der Waals surface area contributed by atoms with Crippen LogP contribution in [0.15, 0.2) is 23.1 Å². The zero-order valence-electron chi connectivity index (χ0n) is 8.33. The minimum atomic E-state index is -3.38. The molecule has 0 spiro atoms. The van der Waals surface area contributed by atoms with Crippen LogP contribution in [0.2, 0.25) is 5.02 Å². The van der Waals surface area contributed by atoms with Crippen LogP contribution in [0, 0.1) is 6.92 Å². The van der Waals surface area contributed by atoms with Crippen LogP contribution in [0.25, 0.3) is 0 Å². The smallest absolute Gasteiger partial charge is 0.208 e. The average molecular weight is 246 g/mol. The van der Waals surface area contributed by atoms with Crippen molar-refractivity contribution in [1.29, 1.82) is 0 Å². The number of halogens is 1. The van der Waals surface area contributed by atoms with Crippen molar-refractivity contribution in [2.24, 2.45) is 0 Å². The van der Waals surface area contributed by atoms with E-state index in [1.54, 1.807) is 25.1 Å². The molecule has 1 aliphatic carbocycles. The molecule has 0 saturated heterocycles. The van der Waals surface area contributed by atoms with Crippen molar-refractivity contribution in [2.75, 3.05) is 0 Å². The van der Waals surface area contributed by atoms with E-state index in [-0.39, 0.29) is 10.9 Å². The molecule has 3 nitrogen and oxygen atoms in total. The Morgan fingerprint density at radius 1 is 1.40 bits per heavy atom. The topological polar surface area (TPSA) is 46.2 Å². The fourth-order valence-electron chi connectivity index (χ4n) is 1.36. The van der Waals surface area contributed by atoms with Gasteiger partial charge in [-0.05, 0) is 37.5 Å². The summed E-state index contributed by atoms with van der Waals surface area (Å²) in [5.41, 5.74) is 0.604. The second-order valence-electron chi connectivity index (χ2n) is 3.76. The molecule has 0 heterocycles. The molecule has 2 rings (SSSR count). The molecular weight excluding hydrogens is 234 g/mol. The average Bonchev–Trinajstić information content (AvgIpc) is 2.92. The first-order valence-corrected chi connectivity index (χ1v) is 6.64. The summed E-state index contributed by atoms with van der Waals surface area (Å²) in [5, 5.41) is 0.480. The molecular formula is C10H12ClNO2S. The van der Waals surface area contributed by atoms with E-state index in [4.69, 9.17) is 11.6 Å². The highest BCUT2D eigenvalue weighted by molar-refractivity contribution is 7.89. The van der Waals surface area contributed by atoms with Crippen LogP contribution in [0.4, 0.5) is 0 Å². The van der Waals surface area contributed by atoms with Crippen LogP contribution < -0.4 is 4.72 Å². The van der Waals surface area contributed by atoms with Gasteiger partial charge in [0.05, 0.1) is 4.90 Å².